The van der Waals surface area contributed by atoms with E-state index in [1.807, 2.05) is 43.5 Å². The number of hydrazone groups is 1. The number of carbonyl (C=O) groups is 1. The topological polar surface area (TPSA) is 83.8 Å². The number of aromatic nitrogens is 1. The minimum atomic E-state index is -3.68. The number of sulfonamides is 1. The Morgan fingerprint density at radius 3 is 2.47 bits per heavy atom. The van der Waals surface area contributed by atoms with Crippen LogP contribution in [-0.4, -0.2) is 37.9 Å². The van der Waals surface area contributed by atoms with E-state index in [4.69, 9.17) is 23.2 Å². The van der Waals surface area contributed by atoms with Crippen molar-refractivity contribution >= 4 is 51.0 Å². The molecule has 34 heavy (non-hydrogen) atoms. The Kier molecular flexibility index (Phi) is 7.75. The molecule has 10 heteroatoms. The highest BCUT2D eigenvalue weighted by molar-refractivity contribution is 7.92. The Balaban J connectivity index is 1.79. The fourth-order valence-electron chi connectivity index (χ4n) is 3.65. The molecule has 1 amide bonds. The first kappa shape index (κ1) is 25.8. The molecule has 0 bridgehead atoms. The van der Waals surface area contributed by atoms with E-state index >= 15 is 0 Å². The highest BCUT2D eigenvalue weighted by atomic mass is 35.5. The molecule has 1 heterocycles. The molecule has 0 atom stereocenters. The minimum Gasteiger partial charge on any atom is -0.316 e. The van der Waals surface area contributed by atoms with Gasteiger partial charge in [-0.3, -0.25) is 9.10 Å². The molecule has 1 N–H and O–H groups in total. The van der Waals surface area contributed by atoms with Crippen LogP contribution in [0.1, 0.15) is 28.1 Å². The van der Waals surface area contributed by atoms with Crippen LogP contribution in [-0.2, 0) is 14.8 Å². The second kappa shape index (κ2) is 10.2. The average Bonchev–Trinajstić information content (AvgIpc) is 3.02. The molecular formula is C24H26Cl2N4O3S. The Bertz CT molecular complexity index is 1380. The number of rotatable bonds is 7. The van der Waals surface area contributed by atoms with Gasteiger partial charge in [-0.25, -0.2) is 13.8 Å². The number of nitrogens with one attached hydrogen (secondary N) is 1. The fraction of sp³-hybridized carbons (Fsp3) is 0.250. The van der Waals surface area contributed by atoms with E-state index < -0.39 is 22.5 Å². The van der Waals surface area contributed by atoms with Crippen molar-refractivity contribution in [3.63, 3.8) is 0 Å². The standard InChI is InChI=1S/C24H26Cl2N4O3S/c1-15-6-7-16(2)22(10-15)29(34(5,32)33)14-24(31)28-27-13-19-11-17(3)30(18(19)4)23-12-20(25)8-9-21(23)26/h6-13H,14H2,1-5H3,(H,28,31)/b27-13-. The summed E-state index contributed by atoms with van der Waals surface area (Å²) in [7, 11) is -3.68. The molecule has 0 aliphatic heterocycles. The first-order valence-corrected chi connectivity index (χ1v) is 13.0. The van der Waals surface area contributed by atoms with Crippen molar-refractivity contribution < 1.29 is 13.2 Å². The van der Waals surface area contributed by atoms with Gasteiger partial charge in [-0.1, -0.05) is 35.3 Å². The van der Waals surface area contributed by atoms with Crippen molar-refractivity contribution in [2.75, 3.05) is 17.1 Å². The maximum absolute atomic E-state index is 12.6. The Labute approximate surface area is 210 Å². The predicted octanol–water partition coefficient (Wildman–Crippen LogP) is 4.93. The number of hydrogen-bond donors (Lipinski definition) is 1. The number of nitrogens with zero attached hydrogens (tertiary/aromatic N) is 3. The first-order valence-electron chi connectivity index (χ1n) is 10.4. The third-order valence-electron chi connectivity index (χ3n) is 5.33. The summed E-state index contributed by atoms with van der Waals surface area (Å²) in [6.45, 7) is 7.09. The van der Waals surface area contributed by atoms with Crippen LogP contribution in [0.3, 0.4) is 0 Å². The molecule has 0 saturated carbocycles. The molecule has 0 fully saturated rings. The Morgan fingerprint density at radius 2 is 1.79 bits per heavy atom. The summed E-state index contributed by atoms with van der Waals surface area (Å²) in [6, 6.07) is 12.6. The summed E-state index contributed by atoms with van der Waals surface area (Å²) >= 11 is 12.5. The second-order valence-corrected chi connectivity index (χ2v) is 10.9. The van der Waals surface area contributed by atoms with E-state index in [1.54, 1.807) is 31.2 Å². The van der Waals surface area contributed by atoms with Crippen molar-refractivity contribution in [1.82, 2.24) is 9.99 Å². The number of aryl methyl sites for hydroxylation is 3. The molecule has 0 radical (unpaired) electrons. The molecule has 0 aliphatic rings. The van der Waals surface area contributed by atoms with Crippen molar-refractivity contribution in [2.24, 2.45) is 5.10 Å². The van der Waals surface area contributed by atoms with Crippen LogP contribution in [0.5, 0.6) is 0 Å². The molecule has 3 rings (SSSR count). The van der Waals surface area contributed by atoms with Gasteiger partial charge in [0.05, 0.1) is 28.9 Å². The maximum atomic E-state index is 12.6. The zero-order valence-corrected chi connectivity index (χ0v) is 21.9. The van der Waals surface area contributed by atoms with Crippen LogP contribution in [0.15, 0.2) is 47.6 Å². The number of anilines is 1. The smallest absolute Gasteiger partial charge is 0.260 e. The summed E-state index contributed by atoms with van der Waals surface area (Å²) in [5, 5.41) is 5.16. The molecule has 2 aromatic carbocycles. The molecule has 3 aromatic rings. The normalized spacial score (nSPS) is 11.7. The van der Waals surface area contributed by atoms with Gasteiger partial charge in [0.25, 0.3) is 5.91 Å². The molecule has 0 spiro atoms. The lowest BCUT2D eigenvalue weighted by molar-refractivity contribution is -0.119. The summed E-state index contributed by atoms with van der Waals surface area (Å²) in [5.41, 5.74) is 7.80. The lowest BCUT2D eigenvalue weighted by atomic mass is 10.1. The van der Waals surface area contributed by atoms with Crippen molar-refractivity contribution in [1.29, 1.82) is 0 Å². The number of amides is 1. The van der Waals surface area contributed by atoms with Crippen molar-refractivity contribution in [3.05, 3.63) is 80.6 Å². The predicted molar refractivity (Wildman–Crippen MR) is 139 cm³/mol. The largest absolute Gasteiger partial charge is 0.316 e. The summed E-state index contributed by atoms with van der Waals surface area (Å²) in [4.78, 5) is 12.6. The third-order valence-corrected chi connectivity index (χ3v) is 7.01. The number of benzene rings is 2. The lowest BCUT2D eigenvalue weighted by Crippen LogP contribution is -2.39. The van der Waals surface area contributed by atoms with Crippen LogP contribution < -0.4 is 9.73 Å². The molecule has 0 aliphatic carbocycles. The summed E-state index contributed by atoms with van der Waals surface area (Å²) in [6.07, 6.45) is 2.58. The summed E-state index contributed by atoms with van der Waals surface area (Å²) in [5.74, 6) is -0.561. The van der Waals surface area contributed by atoms with Gasteiger partial charge < -0.3 is 4.57 Å². The van der Waals surface area contributed by atoms with Gasteiger partial charge in [0.2, 0.25) is 10.0 Å². The van der Waals surface area contributed by atoms with Gasteiger partial charge in [-0.2, -0.15) is 5.10 Å². The van der Waals surface area contributed by atoms with Gasteiger partial charge in [0, 0.05) is 22.0 Å². The molecule has 0 unspecified atom stereocenters. The third kappa shape index (κ3) is 5.81. The monoisotopic (exact) mass is 520 g/mol. The highest BCUT2D eigenvalue weighted by Gasteiger charge is 2.22. The average molecular weight is 521 g/mol. The van der Waals surface area contributed by atoms with Gasteiger partial charge in [-0.05, 0) is 69.2 Å². The van der Waals surface area contributed by atoms with E-state index in [1.165, 1.54) is 6.21 Å². The SMILES string of the molecule is Cc1ccc(C)c(N(CC(=O)N/N=C\c2cc(C)n(-c3cc(Cl)ccc3Cl)c2C)S(C)(=O)=O)c1. The molecule has 0 saturated heterocycles. The van der Waals surface area contributed by atoms with Gasteiger partial charge in [0.15, 0.2) is 0 Å². The second-order valence-electron chi connectivity index (χ2n) is 8.11. The molecular weight excluding hydrogens is 495 g/mol. The van der Waals surface area contributed by atoms with Gasteiger partial charge in [0.1, 0.15) is 6.54 Å². The van der Waals surface area contributed by atoms with E-state index in [0.717, 1.165) is 44.3 Å². The summed E-state index contributed by atoms with van der Waals surface area (Å²) < 4.78 is 27.8. The molecule has 180 valence electrons. The Morgan fingerprint density at radius 1 is 1.09 bits per heavy atom. The van der Waals surface area contributed by atoms with E-state index in [-0.39, 0.29) is 0 Å². The van der Waals surface area contributed by atoms with Crippen LogP contribution in [0, 0.1) is 27.7 Å². The zero-order valence-electron chi connectivity index (χ0n) is 19.6. The number of halogens is 2. The fourth-order valence-corrected chi connectivity index (χ4v) is 4.93. The van der Waals surface area contributed by atoms with Crippen molar-refractivity contribution in [3.8, 4) is 5.69 Å². The van der Waals surface area contributed by atoms with Crippen LogP contribution in [0.25, 0.3) is 5.69 Å². The Hall–Kier alpha value is -2.81. The lowest BCUT2D eigenvalue weighted by Gasteiger charge is -2.23. The van der Waals surface area contributed by atoms with E-state index in [9.17, 15) is 13.2 Å². The van der Waals surface area contributed by atoms with Crippen LogP contribution in [0.4, 0.5) is 5.69 Å². The highest BCUT2D eigenvalue weighted by Crippen LogP contribution is 2.28. The minimum absolute atomic E-state index is 0.391. The number of carbonyl (C=O) groups excluding carboxylic acids is 1. The molecule has 7 nitrogen and oxygen atoms in total. The zero-order chi connectivity index (χ0) is 25.2. The van der Waals surface area contributed by atoms with Crippen LogP contribution >= 0.6 is 23.2 Å². The first-order chi connectivity index (χ1) is 15.9. The maximum Gasteiger partial charge on any atom is 0.260 e. The quantitative estimate of drug-likeness (QED) is 0.353. The van der Waals surface area contributed by atoms with E-state index in [2.05, 4.69) is 10.5 Å². The van der Waals surface area contributed by atoms with E-state index in [0.29, 0.717) is 15.7 Å². The number of hydrogen-bond acceptors (Lipinski definition) is 4. The van der Waals surface area contributed by atoms with Gasteiger partial charge >= 0.3 is 0 Å². The molecule has 1 aromatic heterocycles. The van der Waals surface area contributed by atoms with Crippen molar-refractivity contribution in [2.45, 2.75) is 27.7 Å². The van der Waals surface area contributed by atoms with Gasteiger partial charge in [-0.15, -0.1) is 0 Å². The van der Waals surface area contributed by atoms with Crippen LogP contribution in [0.2, 0.25) is 10.0 Å².